The normalized spacial score (nSPS) is 10.9. The number of aliphatic carboxylic acids is 1. The summed E-state index contributed by atoms with van der Waals surface area (Å²) in [5.74, 6) is 0.915. The number of ether oxygens (including phenoxy) is 1. The molecule has 0 bridgehead atoms. The van der Waals surface area contributed by atoms with Gasteiger partial charge in [0.2, 0.25) is 0 Å². The molecule has 0 saturated carbocycles. The molecule has 0 radical (unpaired) electrons. The van der Waals surface area contributed by atoms with Gasteiger partial charge in [-0.15, -0.1) is 0 Å². The molecule has 0 aromatic heterocycles. The summed E-state index contributed by atoms with van der Waals surface area (Å²) in [4.78, 5) is 10.4. The Hall–Kier alpha value is -1.55. The van der Waals surface area contributed by atoms with Crippen molar-refractivity contribution in [3.63, 3.8) is 0 Å². The van der Waals surface area contributed by atoms with E-state index in [1.807, 2.05) is 12.1 Å². The van der Waals surface area contributed by atoms with E-state index in [-0.39, 0.29) is 6.42 Å². The van der Waals surface area contributed by atoms with Crippen LogP contribution in [0.4, 0.5) is 0 Å². The maximum absolute atomic E-state index is 10.4. The van der Waals surface area contributed by atoms with E-state index < -0.39 is 5.97 Å². The van der Waals surface area contributed by atoms with Crippen LogP contribution in [0.5, 0.6) is 5.75 Å². The summed E-state index contributed by atoms with van der Waals surface area (Å²) in [6.45, 7) is 6.63. The number of hydrogen-bond acceptors (Lipinski definition) is 3. The zero-order valence-corrected chi connectivity index (χ0v) is 13.8. The molecule has 22 heavy (non-hydrogen) atoms. The monoisotopic (exact) mass is 307 g/mol. The number of benzene rings is 1. The largest absolute Gasteiger partial charge is 0.494 e. The summed E-state index contributed by atoms with van der Waals surface area (Å²) in [6, 6.07) is 8.27. The van der Waals surface area contributed by atoms with E-state index >= 15 is 0 Å². The van der Waals surface area contributed by atoms with Crippen LogP contribution in [-0.2, 0) is 11.2 Å². The molecule has 0 aliphatic rings. The van der Waals surface area contributed by atoms with Gasteiger partial charge in [-0.3, -0.25) is 4.79 Å². The highest BCUT2D eigenvalue weighted by Crippen LogP contribution is 2.14. The summed E-state index contributed by atoms with van der Waals surface area (Å²) in [7, 11) is 0. The van der Waals surface area contributed by atoms with E-state index in [1.54, 1.807) is 0 Å². The molecule has 124 valence electrons. The third kappa shape index (κ3) is 9.40. The van der Waals surface area contributed by atoms with E-state index in [4.69, 9.17) is 9.84 Å². The maximum Gasteiger partial charge on any atom is 0.304 e. The second-order valence-electron chi connectivity index (χ2n) is 6.03. The minimum atomic E-state index is -0.753. The Morgan fingerprint density at radius 1 is 1.18 bits per heavy atom. The van der Waals surface area contributed by atoms with Gasteiger partial charge in [-0.05, 0) is 55.8 Å². The van der Waals surface area contributed by atoms with Crippen LogP contribution in [0, 0.1) is 5.92 Å². The Labute approximate surface area is 133 Å². The minimum Gasteiger partial charge on any atom is -0.494 e. The van der Waals surface area contributed by atoms with Gasteiger partial charge in [0.1, 0.15) is 5.75 Å². The number of hydrogen-bond donors (Lipinski definition) is 2. The topological polar surface area (TPSA) is 58.6 Å². The van der Waals surface area contributed by atoms with E-state index in [9.17, 15) is 4.79 Å². The Bertz CT molecular complexity index is 415. The van der Waals surface area contributed by atoms with Crippen LogP contribution in [-0.4, -0.2) is 30.8 Å². The van der Waals surface area contributed by atoms with Gasteiger partial charge in [0.15, 0.2) is 0 Å². The van der Waals surface area contributed by atoms with Gasteiger partial charge >= 0.3 is 5.97 Å². The number of nitrogens with one attached hydrogen (secondary N) is 1. The summed E-state index contributed by atoms with van der Waals surface area (Å²) < 4.78 is 5.72. The van der Waals surface area contributed by atoms with Gasteiger partial charge in [-0.1, -0.05) is 26.0 Å². The quantitative estimate of drug-likeness (QED) is 0.580. The smallest absolute Gasteiger partial charge is 0.304 e. The second-order valence-corrected chi connectivity index (χ2v) is 6.03. The van der Waals surface area contributed by atoms with Crippen molar-refractivity contribution in [3.8, 4) is 5.75 Å². The molecule has 0 fully saturated rings. The standard InChI is InChI=1S/C18H29NO3/c1-15(2)5-4-14-22-17-9-7-16(8-10-17)6-3-12-19-13-11-18(20)21/h7-10,15,19H,3-6,11-14H2,1-2H3,(H,20,21). The Kier molecular flexibility index (Phi) is 9.31. The molecule has 1 rings (SSSR count). The molecule has 0 atom stereocenters. The summed E-state index contributed by atoms with van der Waals surface area (Å²) in [5.41, 5.74) is 1.29. The number of aryl methyl sites for hydroxylation is 1. The molecule has 0 saturated heterocycles. The van der Waals surface area contributed by atoms with Gasteiger partial charge in [-0.2, -0.15) is 0 Å². The first-order valence-corrected chi connectivity index (χ1v) is 8.22. The second kappa shape index (κ2) is 11.1. The van der Waals surface area contributed by atoms with Crippen LogP contribution in [0.2, 0.25) is 0 Å². The molecule has 0 heterocycles. The first-order valence-electron chi connectivity index (χ1n) is 8.22. The molecule has 1 aromatic rings. The summed E-state index contributed by atoms with van der Waals surface area (Å²) in [5, 5.41) is 11.7. The zero-order chi connectivity index (χ0) is 16.2. The van der Waals surface area contributed by atoms with E-state index in [2.05, 4.69) is 31.3 Å². The third-order valence-corrected chi connectivity index (χ3v) is 3.45. The van der Waals surface area contributed by atoms with Gasteiger partial charge in [0.25, 0.3) is 0 Å². The van der Waals surface area contributed by atoms with Gasteiger partial charge in [0.05, 0.1) is 13.0 Å². The molecular formula is C18H29NO3. The molecule has 0 aliphatic carbocycles. The highest BCUT2D eigenvalue weighted by atomic mass is 16.5. The molecule has 0 amide bonds. The third-order valence-electron chi connectivity index (χ3n) is 3.45. The van der Waals surface area contributed by atoms with Crippen LogP contribution in [0.3, 0.4) is 0 Å². The fourth-order valence-corrected chi connectivity index (χ4v) is 2.17. The Morgan fingerprint density at radius 3 is 2.55 bits per heavy atom. The summed E-state index contributed by atoms with van der Waals surface area (Å²) >= 11 is 0. The predicted molar refractivity (Wildman–Crippen MR) is 89.5 cm³/mol. The Morgan fingerprint density at radius 2 is 1.91 bits per heavy atom. The fraction of sp³-hybridized carbons (Fsp3) is 0.611. The molecule has 0 unspecified atom stereocenters. The number of carboxylic acids is 1. The Balaban J connectivity index is 2.12. The predicted octanol–water partition coefficient (Wildman–Crippen LogP) is 3.50. The molecular weight excluding hydrogens is 278 g/mol. The highest BCUT2D eigenvalue weighted by molar-refractivity contribution is 5.66. The molecule has 0 spiro atoms. The fourth-order valence-electron chi connectivity index (χ4n) is 2.17. The van der Waals surface area contributed by atoms with E-state index in [0.717, 1.165) is 44.1 Å². The maximum atomic E-state index is 10.4. The first-order chi connectivity index (χ1) is 10.6. The lowest BCUT2D eigenvalue weighted by Gasteiger charge is -2.08. The molecule has 1 aromatic carbocycles. The van der Waals surface area contributed by atoms with E-state index in [0.29, 0.717) is 6.54 Å². The molecule has 4 heteroatoms. The van der Waals surface area contributed by atoms with Crippen molar-refractivity contribution in [3.05, 3.63) is 29.8 Å². The van der Waals surface area contributed by atoms with Crippen LogP contribution in [0.25, 0.3) is 0 Å². The van der Waals surface area contributed by atoms with Gasteiger partial charge in [0, 0.05) is 6.54 Å². The van der Waals surface area contributed by atoms with Crippen molar-refractivity contribution in [1.82, 2.24) is 5.32 Å². The zero-order valence-electron chi connectivity index (χ0n) is 13.8. The number of carboxylic acid groups (broad SMARTS) is 1. The average molecular weight is 307 g/mol. The van der Waals surface area contributed by atoms with Crippen LogP contribution in [0.15, 0.2) is 24.3 Å². The number of carbonyl (C=O) groups is 1. The van der Waals surface area contributed by atoms with Crippen LogP contribution >= 0.6 is 0 Å². The van der Waals surface area contributed by atoms with Crippen molar-refractivity contribution in [2.45, 2.75) is 46.0 Å². The molecule has 4 nitrogen and oxygen atoms in total. The van der Waals surface area contributed by atoms with Gasteiger partial charge < -0.3 is 15.2 Å². The van der Waals surface area contributed by atoms with Crippen molar-refractivity contribution in [1.29, 1.82) is 0 Å². The highest BCUT2D eigenvalue weighted by Gasteiger charge is 1.99. The SMILES string of the molecule is CC(C)CCCOc1ccc(CCCNCCC(=O)O)cc1. The number of rotatable bonds is 12. The van der Waals surface area contributed by atoms with Crippen LogP contribution in [0.1, 0.15) is 45.1 Å². The lowest BCUT2D eigenvalue weighted by Crippen LogP contribution is -2.19. The lowest BCUT2D eigenvalue weighted by molar-refractivity contribution is -0.136. The first kappa shape index (κ1) is 18.5. The van der Waals surface area contributed by atoms with Crippen molar-refractivity contribution >= 4 is 5.97 Å². The van der Waals surface area contributed by atoms with Crippen LogP contribution < -0.4 is 10.1 Å². The summed E-state index contributed by atoms with van der Waals surface area (Å²) in [6.07, 6.45) is 4.49. The molecule has 2 N–H and O–H groups in total. The van der Waals surface area contributed by atoms with E-state index in [1.165, 1.54) is 12.0 Å². The van der Waals surface area contributed by atoms with Crippen molar-refractivity contribution < 1.29 is 14.6 Å². The van der Waals surface area contributed by atoms with Crippen molar-refractivity contribution in [2.75, 3.05) is 19.7 Å². The molecule has 0 aliphatic heterocycles. The lowest BCUT2D eigenvalue weighted by atomic mass is 10.1. The average Bonchev–Trinajstić information content (AvgIpc) is 2.48. The minimum absolute atomic E-state index is 0.183. The van der Waals surface area contributed by atoms with Gasteiger partial charge in [-0.25, -0.2) is 0 Å². The van der Waals surface area contributed by atoms with Crippen molar-refractivity contribution in [2.24, 2.45) is 5.92 Å².